The number of aliphatic carboxylic acids is 1. The molecule has 1 unspecified atom stereocenters. The van der Waals surface area contributed by atoms with Crippen LogP contribution in [0.2, 0.25) is 0 Å². The number of hydrogen-bond donors (Lipinski definition) is 3. The predicted octanol–water partition coefficient (Wildman–Crippen LogP) is -0.0599. The minimum atomic E-state index is -5.14. The van der Waals surface area contributed by atoms with Gasteiger partial charge in [-0.1, -0.05) is 0 Å². The lowest BCUT2D eigenvalue weighted by atomic mass is 10.0. The largest absolute Gasteiger partial charge is 0.479 e. The van der Waals surface area contributed by atoms with Gasteiger partial charge in [-0.2, -0.15) is 18.3 Å². The molecule has 1 aromatic rings. The first-order valence-corrected chi connectivity index (χ1v) is 4.16. The third kappa shape index (κ3) is 2.34. The molecule has 0 spiro atoms. The number of H-pyrrole nitrogens is 1. The van der Waals surface area contributed by atoms with Crippen LogP contribution in [0.3, 0.4) is 0 Å². The fourth-order valence-electron chi connectivity index (χ4n) is 0.847. The molecule has 0 saturated heterocycles. The predicted molar refractivity (Wildman–Crippen MR) is 45.9 cm³/mol. The lowest BCUT2D eigenvalue weighted by molar-refractivity contribution is -0.203. The Morgan fingerprint density at radius 1 is 1.47 bits per heavy atom. The minimum absolute atomic E-state index is 0.337. The Balaban J connectivity index is 2.97. The molecule has 1 atom stereocenters. The molecule has 0 bridgehead atoms. The highest BCUT2D eigenvalue weighted by molar-refractivity contribution is 5.95. The molecular weight excluding hydrogens is 245 g/mol. The van der Waals surface area contributed by atoms with Crippen molar-refractivity contribution >= 4 is 11.9 Å². The number of carbonyl (C=O) groups excluding carboxylic acids is 1. The third-order valence-corrected chi connectivity index (χ3v) is 1.99. The molecule has 94 valence electrons. The van der Waals surface area contributed by atoms with E-state index in [4.69, 9.17) is 5.11 Å². The molecule has 1 aromatic heterocycles. The van der Waals surface area contributed by atoms with Crippen LogP contribution in [-0.2, 0) is 4.79 Å². The Morgan fingerprint density at radius 3 is 2.41 bits per heavy atom. The maximum atomic E-state index is 12.5. The van der Waals surface area contributed by atoms with Gasteiger partial charge in [0.15, 0.2) is 0 Å². The van der Waals surface area contributed by atoms with Crippen molar-refractivity contribution in [2.24, 2.45) is 0 Å². The SMILES string of the molecule is CC(NC(=O)c1ncn[nH]1)(C(=O)O)C(F)(F)F. The van der Waals surface area contributed by atoms with Crippen LogP contribution in [0.1, 0.15) is 17.5 Å². The zero-order valence-electron chi connectivity index (χ0n) is 8.37. The Kier molecular flexibility index (Phi) is 3.07. The Bertz CT molecular complexity index is 430. The van der Waals surface area contributed by atoms with Gasteiger partial charge < -0.3 is 10.4 Å². The zero-order chi connectivity index (χ0) is 13.3. The van der Waals surface area contributed by atoms with Crippen molar-refractivity contribution in [2.75, 3.05) is 0 Å². The van der Waals surface area contributed by atoms with E-state index in [1.807, 2.05) is 5.10 Å². The number of nitrogens with zero attached hydrogens (tertiary/aromatic N) is 2. The molecule has 3 N–H and O–H groups in total. The summed E-state index contributed by atoms with van der Waals surface area (Å²) in [6.45, 7) is 0.337. The second-order valence-corrected chi connectivity index (χ2v) is 3.22. The Morgan fingerprint density at radius 2 is 2.06 bits per heavy atom. The molecule has 0 aliphatic heterocycles. The average Bonchev–Trinajstić information content (AvgIpc) is 2.67. The van der Waals surface area contributed by atoms with E-state index in [-0.39, 0.29) is 0 Å². The summed E-state index contributed by atoms with van der Waals surface area (Å²) in [7, 11) is 0. The van der Waals surface area contributed by atoms with E-state index in [0.717, 1.165) is 6.33 Å². The second kappa shape index (κ2) is 4.03. The topological polar surface area (TPSA) is 108 Å². The summed E-state index contributed by atoms with van der Waals surface area (Å²) < 4.78 is 37.5. The van der Waals surface area contributed by atoms with E-state index >= 15 is 0 Å². The van der Waals surface area contributed by atoms with Gasteiger partial charge in [-0.05, 0) is 6.92 Å². The summed E-state index contributed by atoms with van der Waals surface area (Å²) in [5, 5.41) is 15.1. The summed E-state index contributed by atoms with van der Waals surface area (Å²) in [6.07, 6.45) is -4.24. The molecule has 1 heterocycles. The van der Waals surface area contributed by atoms with Crippen LogP contribution in [0.25, 0.3) is 0 Å². The number of alkyl halides is 3. The van der Waals surface area contributed by atoms with Crippen molar-refractivity contribution in [3.05, 3.63) is 12.2 Å². The fourth-order valence-corrected chi connectivity index (χ4v) is 0.847. The number of amides is 1. The van der Waals surface area contributed by atoms with E-state index in [9.17, 15) is 22.8 Å². The smallest absolute Gasteiger partial charge is 0.422 e. The monoisotopic (exact) mass is 252 g/mol. The first kappa shape index (κ1) is 12.9. The van der Waals surface area contributed by atoms with Crippen LogP contribution >= 0.6 is 0 Å². The van der Waals surface area contributed by atoms with Gasteiger partial charge in [-0.25, -0.2) is 9.78 Å². The highest BCUT2D eigenvalue weighted by atomic mass is 19.4. The van der Waals surface area contributed by atoms with Crippen LogP contribution in [0.4, 0.5) is 13.2 Å². The third-order valence-electron chi connectivity index (χ3n) is 1.99. The minimum Gasteiger partial charge on any atom is -0.479 e. The molecule has 7 nitrogen and oxygen atoms in total. The molecule has 0 radical (unpaired) electrons. The Hall–Kier alpha value is -2.13. The first-order chi connectivity index (χ1) is 7.68. The van der Waals surface area contributed by atoms with E-state index in [1.54, 1.807) is 0 Å². The summed E-state index contributed by atoms with van der Waals surface area (Å²) in [4.78, 5) is 25.2. The van der Waals surface area contributed by atoms with Crippen molar-refractivity contribution in [1.82, 2.24) is 20.5 Å². The molecule has 0 aliphatic carbocycles. The maximum Gasteiger partial charge on any atom is 0.422 e. The van der Waals surface area contributed by atoms with Gasteiger partial charge in [-0.15, -0.1) is 0 Å². The quantitative estimate of drug-likeness (QED) is 0.698. The van der Waals surface area contributed by atoms with Crippen molar-refractivity contribution in [3.8, 4) is 0 Å². The zero-order valence-corrected chi connectivity index (χ0v) is 8.37. The van der Waals surface area contributed by atoms with E-state index in [2.05, 4.69) is 10.1 Å². The Labute approximate surface area is 92.0 Å². The summed E-state index contributed by atoms with van der Waals surface area (Å²) >= 11 is 0. The normalized spacial score (nSPS) is 15.1. The van der Waals surface area contributed by atoms with Crippen molar-refractivity contribution in [1.29, 1.82) is 0 Å². The van der Waals surface area contributed by atoms with Gasteiger partial charge in [0.05, 0.1) is 0 Å². The highest BCUT2D eigenvalue weighted by Crippen LogP contribution is 2.30. The van der Waals surface area contributed by atoms with Crippen LogP contribution in [0.5, 0.6) is 0 Å². The molecule has 17 heavy (non-hydrogen) atoms. The molecule has 0 fully saturated rings. The van der Waals surface area contributed by atoms with Gasteiger partial charge >= 0.3 is 12.1 Å². The maximum absolute atomic E-state index is 12.5. The fraction of sp³-hybridized carbons (Fsp3) is 0.429. The first-order valence-electron chi connectivity index (χ1n) is 4.16. The molecule has 1 rings (SSSR count). The van der Waals surface area contributed by atoms with Crippen LogP contribution < -0.4 is 5.32 Å². The molecule has 1 amide bonds. The summed E-state index contributed by atoms with van der Waals surface area (Å²) in [6, 6.07) is 0. The van der Waals surface area contributed by atoms with Crippen LogP contribution in [-0.4, -0.2) is 43.9 Å². The van der Waals surface area contributed by atoms with Crippen LogP contribution in [0, 0.1) is 0 Å². The van der Waals surface area contributed by atoms with Crippen LogP contribution in [0.15, 0.2) is 6.33 Å². The van der Waals surface area contributed by atoms with E-state index in [0.29, 0.717) is 6.92 Å². The van der Waals surface area contributed by atoms with Crippen molar-refractivity contribution in [3.63, 3.8) is 0 Å². The molecule has 0 aromatic carbocycles. The van der Waals surface area contributed by atoms with Gasteiger partial charge in [0.2, 0.25) is 11.4 Å². The second-order valence-electron chi connectivity index (χ2n) is 3.22. The number of carboxylic acids is 1. The van der Waals surface area contributed by atoms with Crippen molar-refractivity contribution < 1.29 is 27.9 Å². The number of halogens is 3. The van der Waals surface area contributed by atoms with Gasteiger partial charge in [0.1, 0.15) is 6.33 Å². The lowest BCUT2D eigenvalue weighted by Crippen LogP contribution is -2.62. The van der Waals surface area contributed by atoms with Gasteiger partial charge in [0, 0.05) is 0 Å². The number of carbonyl (C=O) groups is 2. The molecular formula is C7H7F3N4O3. The standard InChI is InChI=1S/C7H7F3N4O3/c1-6(5(16)17,7(8,9)10)13-4(15)3-11-2-12-14-3/h2H,1H3,(H,13,15)(H,16,17)(H,11,12,14). The van der Waals surface area contributed by atoms with E-state index < -0.39 is 29.4 Å². The van der Waals surface area contributed by atoms with Gasteiger partial charge in [-0.3, -0.25) is 9.89 Å². The number of hydrogen-bond acceptors (Lipinski definition) is 4. The molecule has 0 saturated carbocycles. The summed E-state index contributed by atoms with van der Waals surface area (Å²) in [5.41, 5.74) is -3.39. The number of carboxylic acid groups (broad SMARTS) is 1. The number of nitrogens with one attached hydrogen (secondary N) is 2. The number of aromatic nitrogens is 3. The van der Waals surface area contributed by atoms with E-state index in [1.165, 1.54) is 5.32 Å². The summed E-state index contributed by atoms with van der Waals surface area (Å²) in [5.74, 6) is -4.05. The molecule has 10 heteroatoms. The highest BCUT2D eigenvalue weighted by Gasteiger charge is 2.58. The number of aromatic amines is 1. The lowest BCUT2D eigenvalue weighted by Gasteiger charge is -2.27. The van der Waals surface area contributed by atoms with Crippen molar-refractivity contribution in [2.45, 2.75) is 18.6 Å². The number of rotatable bonds is 3. The average molecular weight is 252 g/mol. The molecule has 0 aliphatic rings. The van der Waals surface area contributed by atoms with Gasteiger partial charge in [0.25, 0.3) is 5.91 Å².